The highest BCUT2D eigenvalue weighted by Crippen LogP contribution is 2.23. The molecule has 2 rings (SSSR count). The molecule has 2 N–H and O–H groups in total. The van der Waals surface area contributed by atoms with E-state index in [4.69, 9.17) is 10.2 Å². The first-order chi connectivity index (χ1) is 10.3. The smallest absolute Gasteiger partial charge is 0.336 e. The van der Waals surface area contributed by atoms with Gasteiger partial charge >= 0.3 is 5.63 Å². The van der Waals surface area contributed by atoms with Gasteiger partial charge in [-0.3, -0.25) is 4.99 Å². The predicted molar refractivity (Wildman–Crippen MR) is 94.5 cm³/mol. The van der Waals surface area contributed by atoms with Crippen molar-refractivity contribution < 1.29 is 4.42 Å². The summed E-state index contributed by atoms with van der Waals surface area (Å²) in [6.07, 6.45) is 0.907. The van der Waals surface area contributed by atoms with Crippen LogP contribution in [0, 0.1) is 0 Å². The molecule has 0 fully saturated rings. The van der Waals surface area contributed by atoms with Crippen molar-refractivity contribution in [3.8, 4) is 0 Å². The average molecular weight is 318 g/mol. The van der Waals surface area contributed by atoms with Gasteiger partial charge in [-0.1, -0.05) is 30.8 Å². The Kier molecular flexibility index (Phi) is 4.96. The van der Waals surface area contributed by atoms with Gasteiger partial charge in [0.15, 0.2) is 5.17 Å². The van der Waals surface area contributed by atoms with Crippen molar-refractivity contribution in [2.75, 3.05) is 0 Å². The van der Waals surface area contributed by atoms with Gasteiger partial charge < -0.3 is 10.2 Å². The number of rotatable bonds is 3. The molecule has 0 saturated carbocycles. The fourth-order valence-corrected chi connectivity index (χ4v) is 3.01. The molecule has 0 radical (unpaired) electrons. The molecule has 0 atom stereocenters. The summed E-state index contributed by atoms with van der Waals surface area (Å²) >= 11 is 1.44. The molecule has 118 valence electrons. The van der Waals surface area contributed by atoms with Crippen LogP contribution < -0.4 is 11.4 Å². The molecule has 0 unspecified atom stereocenters. The van der Waals surface area contributed by atoms with Gasteiger partial charge in [-0.15, -0.1) is 0 Å². The summed E-state index contributed by atoms with van der Waals surface area (Å²) < 4.78 is 5.31. The number of nitrogens with two attached hydrogens (primary N) is 1. The largest absolute Gasteiger partial charge is 0.423 e. The summed E-state index contributed by atoms with van der Waals surface area (Å²) in [5.74, 6) is 0.596. The third-order valence-electron chi connectivity index (χ3n) is 3.12. The number of benzene rings is 1. The lowest BCUT2D eigenvalue weighted by Crippen LogP contribution is -2.18. The Bertz CT molecular complexity index is 757. The first kappa shape index (κ1) is 16.6. The van der Waals surface area contributed by atoms with Crippen molar-refractivity contribution in [2.45, 2.75) is 45.4 Å². The fraction of sp³-hybridized carbons (Fsp3) is 0.412. The highest BCUT2D eigenvalue weighted by Gasteiger charge is 2.10. The second-order valence-electron chi connectivity index (χ2n) is 6.18. The van der Waals surface area contributed by atoms with Crippen molar-refractivity contribution in [3.05, 3.63) is 45.8 Å². The normalized spacial score (nSPS) is 12.8. The van der Waals surface area contributed by atoms with Gasteiger partial charge in [-0.25, -0.2) is 4.79 Å². The number of fused-ring (bicyclic) bond motifs is 1. The lowest BCUT2D eigenvalue weighted by atomic mass is 10.1. The van der Waals surface area contributed by atoms with E-state index in [1.54, 1.807) is 0 Å². The second kappa shape index (κ2) is 6.57. The highest BCUT2D eigenvalue weighted by molar-refractivity contribution is 8.13. The molecule has 5 heteroatoms. The molecule has 0 aliphatic carbocycles. The molecule has 0 saturated heterocycles. The molecule has 0 spiro atoms. The van der Waals surface area contributed by atoms with Crippen molar-refractivity contribution in [3.63, 3.8) is 0 Å². The minimum absolute atomic E-state index is 0.203. The number of aliphatic imine (C=N–C) groups is 1. The molecular weight excluding hydrogens is 296 g/mol. The first-order valence-corrected chi connectivity index (χ1v) is 8.31. The van der Waals surface area contributed by atoms with Crippen LogP contribution in [-0.2, 0) is 12.2 Å². The first-order valence-electron chi connectivity index (χ1n) is 7.32. The number of amidine groups is 1. The van der Waals surface area contributed by atoms with Crippen molar-refractivity contribution in [1.29, 1.82) is 0 Å². The Labute approximate surface area is 134 Å². The van der Waals surface area contributed by atoms with E-state index in [0.717, 1.165) is 22.9 Å². The quantitative estimate of drug-likeness (QED) is 0.532. The number of aryl methyl sites for hydroxylation is 1. The number of hydrogen-bond donors (Lipinski definition) is 1. The number of nitrogens with zero attached hydrogens (tertiary/aromatic N) is 1. The molecule has 0 amide bonds. The summed E-state index contributed by atoms with van der Waals surface area (Å²) in [6.45, 7) is 8.07. The Hall–Kier alpha value is -1.75. The van der Waals surface area contributed by atoms with E-state index in [-0.39, 0.29) is 11.2 Å². The monoisotopic (exact) mass is 318 g/mol. The number of hydrogen-bond acceptors (Lipinski definition) is 4. The SMILES string of the molecule is CCc1ccc2c(CSC(N)=NC(C)(C)C)cc(=O)oc2c1. The Morgan fingerprint density at radius 3 is 2.68 bits per heavy atom. The van der Waals surface area contributed by atoms with Crippen LogP contribution in [0.25, 0.3) is 11.0 Å². The van der Waals surface area contributed by atoms with Gasteiger partial charge in [0.2, 0.25) is 0 Å². The van der Waals surface area contributed by atoms with Gasteiger partial charge in [-0.2, -0.15) is 0 Å². The maximum Gasteiger partial charge on any atom is 0.336 e. The molecule has 2 aromatic rings. The summed E-state index contributed by atoms with van der Waals surface area (Å²) in [4.78, 5) is 16.2. The lowest BCUT2D eigenvalue weighted by molar-refractivity contribution is 0.559. The van der Waals surface area contributed by atoms with E-state index >= 15 is 0 Å². The van der Waals surface area contributed by atoms with Crippen molar-refractivity contribution in [1.82, 2.24) is 0 Å². The summed E-state index contributed by atoms with van der Waals surface area (Å²) in [5, 5.41) is 1.48. The van der Waals surface area contributed by atoms with Crippen LogP contribution in [0.3, 0.4) is 0 Å². The van der Waals surface area contributed by atoms with Gasteiger partial charge in [0.1, 0.15) is 5.58 Å². The summed E-state index contributed by atoms with van der Waals surface area (Å²) in [5.41, 5.74) is 8.12. The van der Waals surface area contributed by atoms with Crippen LogP contribution in [0.4, 0.5) is 0 Å². The maximum absolute atomic E-state index is 11.7. The summed E-state index contributed by atoms with van der Waals surface area (Å²) in [6, 6.07) is 7.52. The van der Waals surface area contributed by atoms with Gasteiger partial charge in [0, 0.05) is 17.2 Å². The molecule has 1 heterocycles. The summed E-state index contributed by atoms with van der Waals surface area (Å²) in [7, 11) is 0. The lowest BCUT2D eigenvalue weighted by Gasteiger charge is -2.13. The van der Waals surface area contributed by atoms with Crippen LogP contribution in [0.2, 0.25) is 0 Å². The van der Waals surface area contributed by atoms with Crippen LogP contribution in [0.15, 0.2) is 38.5 Å². The Balaban J connectivity index is 2.32. The number of thioether (sulfide) groups is 1. The van der Waals surface area contributed by atoms with E-state index in [1.807, 2.05) is 32.9 Å². The van der Waals surface area contributed by atoms with Crippen LogP contribution in [0.1, 0.15) is 38.8 Å². The van der Waals surface area contributed by atoms with E-state index in [0.29, 0.717) is 16.5 Å². The molecule has 4 nitrogen and oxygen atoms in total. The topological polar surface area (TPSA) is 68.6 Å². The van der Waals surface area contributed by atoms with Crippen LogP contribution in [-0.4, -0.2) is 10.7 Å². The van der Waals surface area contributed by atoms with Crippen molar-refractivity contribution in [2.24, 2.45) is 10.7 Å². The fourth-order valence-electron chi connectivity index (χ4n) is 2.13. The zero-order chi connectivity index (χ0) is 16.3. The minimum Gasteiger partial charge on any atom is -0.423 e. The van der Waals surface area contributed by atoms with E-state index in [2.05, 4.69) is 18.0 Å². The predicted octanol–water partition coefficient (Wildman–Crippen LogP) is 3.70. The zero-order valence-corrected chi connectivity index (χ0v) is 14.3. The molecule has 0 bridgehead atoms. The third-order valence-corrected chi connectivity index (χ3v) is 3.97. The Morgan fingerprint density at radius 2 is 2.05 bits per heavy atom. The van der Waals surface area contributed by atoms with Crippen molar-refractivity contribution >= 4 is 27.9 Å². The average Bonchev–Trinajstić information content (AvgIpc) is 2.42. The highest BCUT2D eigenvalue weighted by atomic mass is 32.2. The molecular formula is C17H22N2O2S. The van der Waals surface area contributed by atoms with Crippen LogP contribution >= 0.6 is 11.8 Å². The molecule has 1 aromatic heterocycles. The van der Waals surface area contributed by atoms with Crippen LogP contribution in [0.5, 0.6) is 0 Å². The standard InChI is InChI=1S/C17H22N2O2S/c1-5-11-6-7-13-12(9-15(20)21-14(13)8-11)10-22-16(18)19-17(2,3)4/h6-9H,5,10H2,1-4H3,(H2,18,19). The molecule has 1 aromatic carbocycles. The van der Waals surface area contributed by atoms with Gasteiger partial charge in [0.05, 0.1) is 5.54 Å². The van der Waals surface area contributed by atoms with E-state index in [9.17, 15) is 4.79 Å². The van der Waals surface area contributed by atoms with E-state index in [1.165, 1.54) is 17.8 Å². The molecule has 0 aliphatic rings. The minimum atomic E-state index is -0.331. The second-order valence-corrected chi connectivity index (χ2v) is 7.18. The van der Waals surface area contributed by atoms with E-state index < -0.39 is 0 Å². The maximum atomic E-state index is 11.7. The molecule has 0 aliphatic heterocycles. The Morgan fingerprint density at radius 1 is 1.32 bits per heavy atom. The third kappa shape index (κ3) is 4.37. The van der Waals surface area contributed by atoms with Gasteiger partial charge in [-0.05, 0) is 44.4 Å². The van der Waals surface area contributed by atoms with Gasteiger partial charge in [0.25, 0.3) is 0 Å². The molecule has 22 heavy (non-hydrogen) atoms. The zero-order valence-electron chi connectivity index (χ0n) is 13.5.